The van der Waals surface area contributed by atoms with Crippen LogP contribution < -0.4 is 5.73 Å². The minimum Gasteiger partial charge on any atom is -0.480 e. The molecular formula is C12H15NO3. The molecule has 0 saturated heterocycles. The number of nitrogens with two attached hydrogens (primary N) is 1. The van der Waals surface area contributed by atoms with Gasteiger partial charge in [-0.05, 0) is 18.9 Å². The standard InChI is InChI=1S/C12H15NO3/c1-8(14)10(11(13)12(15)16)7-9-5-3-2-4-6-9/h2-6,10-11H,7,13H2,1H3,(H,15,16)/t10-,11-/m0/s1. The lowest BCUT2D eigenvalue weighted by Crippen LogP contribution is -2.42. The van der Waals surface area contributed by atoms with Gasteiger partial charge in [-0.2, -0.15) is 0 Å². The first-order valence-electron chi connectivity index (χ1n) is 5.05. The average Bonchev–Trinajstić information content (AvgIpc) is 2.26. The molecule has 2 atom stereocenters. The van der Waals surface area contributed by atoms with Gasteiger partial charge in [-0.15, -0.1) is 0 Å². The van der Waals surface area contributed by atoms with E-state index >= 15 is 0 Å². The van der Waals surface area contributed by atoms with Crippen molar-refractivity contribution in [3.63, 3.8) is 0 Å². The van der Waals surface area contributed by atoms with Crippen molar-refractivity contribution >= 4 is 11.8 Å². The van der Waals surface area contributed by atoms with Crippen LogP contribution in [-0.2, 0) is 16.0 Å². The van der Waals surface area contributed by atoms with Crippen molar-refractivity contribution in [1.82, 2.24) is 0 Å². The Kier molecular flexibility index (Phi) is 4.19. The molecule has 0 saturated carbocycles. The minimum absolute atomic E-state index is 0.196. The molecule has 0 aliphatic heterocycles. The lowest BCUT2D eigenvalue weighted by Gasteiger charge is -2.17. The largest absolute Gasteiger partial charge is 0.480 e. The number of carboxylic acid groups (broad SMARTS) is 1. The molecule has 1 rings (SSSR count). The highest BCUT2D eigenvalue weighted by atomic mass is 16.4. The summed E-state index contributed by atoms with van der Waals surface area (Å²) in [5, 5.41) is 8.80. The molecule has 0 aliphatic rings. The average molecular weight is 221 g/mol. The molecule has 1 aromatic carbocycles. The fourth-order valence-corrected chi connectivity index (χ4v) is 1.56. The number of hydrogen-bond acceptors (Lipinski definition) is 3. The molecule has 4 nitrogen and oxygen atoms in total. The zero-order chi connectivity index (χ0) is 12.1. The normalized spacial score (nSPS) is 14.1. The van der Waals surface area contributed by atoms with Gasteiger partial charge in [0.1, 0.15) is 11.8 Å². The van der Waals surface area contributed by atoms with Crippen LogP contribution in [-0.4, -0.2) is 22.9 Å². The Bertz CT molecular complexity index is 375. The van der Waals surface area contributed by atoms with Crippen LogP contribution in [0.2, 0.25) is 0 Å². The summed E-state index contributed by atoms with van der Waals surface area (Å²) in [6, 6.07) is 8.12. The molecule has 4 heteroatoms. The Morgan fingerprint density at radius 2 is 1.88 bits per heavy atom. The van der Waals surface area contributed by atoms with Crippen molar-refractivity contribution in [3.05, 3.63) is 35.9 Å². The number of carbonyl (C=O) groups excluding carboxylic acids is 1. The fourth-order valence-electron chi connectivity index (χ4n) is 1.56. The Morgan fingerprint density at radius 1 is 1.31 bits per heavy atom. The summed E-state index contributed by atoms with van der Waals surface area (Å²) in [5.41, 5.74) is 6.41. The van der Waals surface area contributed by atoms with Gasteiger partial charge in [0.2, 0.25) is 0 Å². The highest BCUT2D eigenvalue weighted by Crippen LogP contribution is 2.13. The predicted molar refractivity (Wildman–Crippen MR) is 59.9 cm³/mol. The van der Waals surface area contributed by atoms with E-state index in [0.29, 0.717) is 6.42 Å². The van der Waals surface area contributed by atoms with Gasteiger partial charge in [-0.25, -0.2) is 0 Å². The lowest BCUT2D eigenvalue weighted by atomic mass is 9.89. The third-order valence-corrected chi connectivity index (χ3v) is 2.54. The van der Waals surface area contributed by atoms with Gasteiger partial charge >= 0.3 is 5.97 Å². The van der Waals surface area contributed by atoms with E-state index in [1.807, 2.05) is 30.3 Å². The Balaban J connectivity index is 2.81. The molecule has 0 fully saturated rings. The van der Waals surface area contributed by atoms with Gasteiger partial charge in [0, 0.05) is 5.92 Å². The van der Waals surface area contributed by atoms with Crippen LogP contribution in [0.3, 0.4) is 0 Å². The minimum atomic E-state index is -1.14. The van der Waals surface area contributed by atoms with Gasteiger partial charge in [-0.1, -0.05) is 30.3 Å². The van der Waals surface area contributed by atoms with Crippen molar-refractivity contribution < 1.29 is 14.7 Å². The molecule has 0 bridgehead atoms. The maximum Gasteiger partial charge on any atom is 0.321 e. The van der Waals surface area contributed by atoms with Crippen LogP contribution in [0.5, 0.6) is 0 Å². The molecule has 1 aromatic rings. The van der Waals surface area contributed by atoms with Gasteiger partial charge < -0.3 is 10.8 Å². The van der Waals surface area contributed by atoms with E-state index < -0.39 is 17.9 Å². The molecule has 0 aromatic heterocycles. The van der Waals surface area contributed by atoms with E-state index in [9.17, 15) is 9.59 Å². The quantitative estimate of drug-likeness (QED) is 0.772. The smallest absolute Gasteiger partial charge is 0.321 e. The van der Waals surface area contributed by atoms with Crippen molar-refractivity contribution in [2.75, 3.05) is 0 Å². The number of rotatable bonds is 5. The molecule has 0 aliphatic carbocycles. The third-order valence-electron chi connectivity index (χ3n) is 2.54. The van der Waals surface area contributed by atoms with E-state index in [2.05, 4.69) is 0 Å². The first-order chi connectivity index (χ1) is 7.52. The number of carboxylic acids is 1. The van der Waals surface area contributed by atoms with E-state index in [1.165, 1.54) is 6.92 Å². The molecule has 0 amide bonds. The number of aliphatic carboxylic acids is 1. The van der Waals surface area contributed by atoms with Gasteiger partial charge in [0.15, 0.2) is 0 Å². The molecule has 3 N–H and O–H groups in total. The summed E-state index contributed by atoms with van der Waals surface area (Å²) >= 11 is 0. The first kappa shape index (κ1) is 12.4. The molecule has 86 valence electrons. The zero-order valence-electron chi connectivity index (χ0n) is 9.09. The maximum atomic E-state index is 11.4. The topological polar surface area (TPSA) is 80.4 Å². The van der Waals surface area contributed by atoms with Gasteiger partial charge in [0.05, 0.1) is 0 Å². The van der Waals surface area contributed by atoms with Crippen LogP contribution in [0.4, 0.5) is 0 Å². The zero-order valence-corrected chi connectivity index (χ0v) is 9.09. The summed E-state index contributed by atoms with van der Waals surface area (Å²) < 4.78 is 0. The number of ketones is 1. The summed E-state index contributed by atoms with van der Waals surface area (Å²) in [6.45, 7) is 1.37. The molecule has 0 unspecified atom stereocenters. The number of Topliss-reactive ketones (excluding diaryl/α,β-unsaturated/α-hetero) is 1. The predicted octanol–water partition coefficient (Wildman–Crippen LogP) is 0.846. The molecule has 0 spiro atoms. The number of carbonyl (C=O) groups is 2. The monoisotopic (exact) mass is 221 g/mol. The van der Waals surface area contributed by atoms with E-state index in [1.54, 1.807) is 0 Å². The summed E-state index contributed by atoms with van der Waals surface area (Å²) in [7, 11) is 0. The van der Waals surface area contributed by atoms with Gasteiger partial charge in [0.25, 0.3) is 0 Å². The van der Waals surface area contributed by atoms with Crippen LogP contribution >= 0.6 is 0 Å². The second-order valence-electron chi connectivity index (χ2n) is 3.77. The Labute approximate surface area is 94.1 Å². The summed E-state index contributed by atoms with van der Waals surface area (Å²) in [5.74, 6) is -2.00. The van der Waals surface area contributed by atoms with Crippen LogP contribution in [0.15, 0.2) is 30.3 Å². The molecular weight excluding hydrogens is 206 g/mol. The second-order valence-corrected chi connectivity index (χ2v) is 3.77. The SMILES string of the molecule is CC(=O)[C@H](Cc1ccccc1)[C@H](N)C(=O)O. The Hall–Kier alpha value is -1.68. The van der Waals surface area contributed by atoms with Crippen LogP contribution in [0.1, 0.15) is 12.5 Å². The van der Waals surface area contributed by atoms with Crippen molar-refractivity contribution in [3.8, 4) is 0 Å². The molecule has 16 heavy (non-hydrogen) atoms. The molecule has 0 radical (unpaired) electrons. The van der Waals surface area contributed by atoms with Crippen LogP contribution in [0, 0.1) is 5.92 Å². The Morgan fingerprint density at radius 3 is 2.31 bits per heavy atom. The number of hydrogen-bond donors (Lipinski definition) is 2. The highest BCUT2D eigenvalue weighted by Gasteiger charge is 2.27. The first-order valence-corrected chi connectivity index (χ1v) is 5.05. The van der Waals surface area contributed by atoms with Crippen molar-refractivity contribution in [1.29, 1.82) is 0 Å². The summed E-state index contributed by atoms with van der Waals surface area (Å²) in [4.78, 5) is 22.1. The van der Waals surface area contributed by atoms with E-state index in [0.717, 1.165) is 5.56 Å². The van der Waals surface area contributed by atoms with Gasteiger partial charge in [-0.3, -0.25) is 9.59 Å². The van der Waals surface area contributed by atoms with Crippen molar-refractivity contribution in [2.24, 2.45) is 11.7 Å². The number of benzene rings is 1. The summed E-state index contributed by atoms with van der Waals surface area (Å²) in [6.07, 6.45) is 0.365. The van der Waals surface area contributed by atoms with Crippen LogP contribution in [0.25, 0.3) is 0 Å². The van der Waals surface area contributed by atoms with E-state index in [-0.39, 0.29) is 5.78 Å². The second kappa shape index (κ2) is 5.42. The lowest BCUT2D eigenvalue weighted by molar-refractivity contribution is -0.142. The van der Waals surface area contributed by atoms with E-state index in [4.69, 9.17) is 10.8 Å². The van der Waals surface area contributed by atoms with Crippen molar-refractivity contribution in [2.45, 2.75) is 19.4 Å². The third kappa shape index (κ3) is 3.17. The molecule has 0 heterocycles. The highest BCUT2D eigenvalue weighted by molar-refractivity contribution is 5.86. The maximum absolute atomic E-state index is 11.4. The fraction of sp³-hybridized carbons (Fsp3) is 0.333.